The highest BCUT2D eigenvalue weighted by molar-refractivity contribution is 5.76. The third kappa shape index (κ3) is 2.53. The highest BCUT2D eigenvalue weighted by Crippen LogP contribution is 2.27. The van der Waals surface area contributed by atoms with Gasteiger partial charge < -0.3 is 9.64 Å². The normalized spacial score (nSPS) is 26.5. The van der Waals surface area contributed by atoms with Gasteiger partial charge in [-0.3, -0.25) is 9.69 Å². The number of esters is 1. The van der Waals surface area contributed by atoms with Gasteiger partial charge in [-0.15, -0.1) is 0 Å². The number of rotatable bonds is 2. The highest BCUT2D eigenvalue weighted by atomic mass is 16.6. The summed E-state index contributed by atoms with van der Waals surface area (Å²) in [4.78, 5) is 26.7. The van der Waals surface area contributed by atoms with Gasteiger partial charge in [0.15, 0.2) is 6.23 Å². The monoisotopic (exact) mass is 240 g/mol. The summed E-state index contributed by atoms with van der Waals surface area (Å²) in [6.45, 7) is 0.645. The fourth-order valence-corrected chi connectivity index (χ4v) is 2.52. The summed E-state index contributed by atoms with van der Waals surface area (Å²) in [6, 6.07) is -0.0829. The number of nitrogens with zero attached hydrogens (tertiary/aromatic N) is 2. The van der Waals surface area contributed by atoms with Crippen LogP contribution < -0.4 is 0 Å². The summed E-state index contributed by atoms with van der Waals surface area (Å²) in [7, 11) is 3.44. The van der Waals surface area contributed by atoms with Gasteiger partial charge in [0.05, 0.1) is 5.92 Å². The summed E-state index contributed by atoms with van der Waals surface area (Å²) >= 11 is 0. The Morgan fingerprint density at radius 3 is 2.53 bits per heavy atom. The Hall–Kier alpha value is -1.26. The molecule has 0 spiro atoms. The minimum Gasteiger partial charge on any atom is -0.441 e. The molecule has 1 saturated carbocycles. The van der Waals surface area contributed by atoms with Gasteiger partial charge in [0.1, 0.15) is 0 Å². The Labute approximate surface area is 102 Å². The summed E-state index contributed by atoms with van der Waals surface area (Å²) in [5.41, 5.74) is 0. The van der Waals surface area contributed by atoms with Gasteiger partial charge in [0.2, 0.25) is 0 Å². The quantitative estimate of drug-likeness (QED) is 0.686. The molecule has 1 saturated heterocycles. The van der Waals surface area contributed by atoms with Gasteiger partial charge in [-0.2, -0.15) is 0 Å². The average molecular weight is 240 g/mol. The van der Waals surface area contributed by atoms with Gasteiger partial charge in [0.25, 0.3) is 0 Å². The molecular weight excluding hydrogens is 220 g/mol. The molecule has 17 heavy (non-hydrogen) atoms. The molecule has 0 radical (unpaired) electrons. The van der Waals surface area contributed by atoms with E-state index < -0.39 is 0 Å². The zero-order chi connectivity index (χ0) is 12.4. The molecule has 1 aliphatic carbocycles. The van der Waals surface area contributed by atoms with Crippen molar-refractivity contribution < 1.29 is 14.3 Å². The van der Waals surface area contributed by atoms with Crippen LogP contribution in [0.25, 0.3) is 0 Å². The van der Waals surface area contributed by atoms with E-state index in [4.69, 9.17) is 4.74 Å². The molecule has 5 nitrogen and oxygen atoms in total. The maximum absolute atomic E-state index is 11.9. The molecule has 2 amide bonds. The zero-order valence-electron chi connectivity index (χ0n) is 10.5. The van der Waals surface area contributed by atoms with Crippen molar-refractivity contribution in [3.63, 3.8) is 0 Å². The van der Waals surface area contributed by atoms with E-state index >= 15 is 0 Å². The lowest BCUT2D eigenvalue weighted by molar-refractivity contribution is -0.163. The Balaban J connectivity index is 1.90. The van der Waals surface area contributed by atoms with Crippen LogP contribution in [0.2, 0.25) is 0 Å². The van der Waals surface area contributed by atoms with E-state index in [0.717, 1.165) is 25.7 Å². The molecule has 0 aromatic heterocycles. The predicted molar refractivity (Wildman–Crippen MR) is 62.2 cm³/mol. The maximum atomic E-state index is 11.9. The fraction of sp³-hybridized carbons (Fsp3) is 0.833. The van der Waals surface area contributed by atoms with Crippen LogP contribution in [0, 0.1) is 5.92 Å². The Bertz CT molecular complexity index is 313. The second kappa shape index (κ2) is 4.94. The summed E-state index contributed by atoms with van der Waals surface area (Å²) in [5, 5.41) is 0. The van der Waals surface area contributed by atoms with Gasteiger partial charge in [0, 0.05) is 27.1 Å². The first-order chi connectivity index (χ1) is 8.09. The first-order valence-corrected chi connectivity index (χ1v) is 6.28. The lowest BCUT2D eigenvalue weighted by atomic mass is 10.1. The van der Waals surface area contributed by atoms with E-state index in [1.54, 1.807) is 19.0 Å². The minimum absolute atomic E-state index is 0.0539. The van der Waals surface area contributed by atoms with Crippen molar-refractivity contribution in [2.24, 2.45) is 5.92 Å². The van der Waals surface area contributed by atoms with E-state index in [0.29, 0.717) is 13.0 Å². The van der Waals surface area contributed by atoms with Crippen LogP contribution in [0.4, 0.5) is 4.79 Å². The molecule has 2 fully saturated rings. The summed E-state index contributed by atoms with van der Waals surface area (Å²) in [6.07, 6.45) is 4.40. The van der Waals surface area contributed by atoms with Crippen molar-refractivity contribution >= 4 is 12.0 Å². The molecule has 2 aliphatic rings. The first kappa shape index (κ1) is 12.2. The van der Waals surface area contributed by atoms with Gasteiger partial charge in [-0.1, -0.05) is 12.8 Å². The number of carbonyl (C=O) groups is 2. The molecule has 2 rings (SSSR count). The Morgan fingerprint density at radius 2 is 1.88 bits per heavy atom. The van der Waals surface area contributed by atoms with E-state index in [2.05, 4.69) is 0 Å². The van der Waals surface area contributed by atoms with Gasteiger partial charge in [-0.25, -0.2) is 4.79 Å². The first-order valence-electron chi connectivity index (χ1n) is 6.28. The third-order valence-electron chi connectivity index (χ3n) is 3.71. The molecule has 0 bridgehead atoms. The molecule has 1 atom stereocenters. The fourth-order valence-electron chi connectivity index (χ4n) is 2.52. The van der Waals surface area contributed by atoms with Crippen molar-refractivity contribution in [1.29, 1.82) is 0 Å². The Kier molecular flexibility index (Phi) is 3.54. The molecule has 1 aliphatic heterocycles. The van der Waals surface area contributed by atoms with Crippen LogP contribution in [0.1, 0.15) is 32.1 Å². The van der Waals surface area contributed by atoms with Crippen LogP contribution in [0.5, 0.6) is 0 Å². The molecule has 1 heterocycles. The van der Waals surface area contributed by atoms with Crippen molar-refractivity contribution in [3.05, 3.63) is 0 Å². The van der Waals surface area contributed by atoms with E-state index in [9.17, 15) is 9.59 Å². The van der Waals surface area contributed by atoms with Crippen molar-refractivity contribution in [2.45, 2.75) is 38.3 Å². The molecule has 5 heteroatoms. The number of urea groups is 1. The van der Waals surface area contributed by atoms with Crippen LogP contribution in [-0.4, -0.2) is 48.7 Å². The zero-order valence-corrected chi connectivity index (χ0v) is 10.5. The van der Waals surface area contributed by atoms with Crippen molar-refractivity contribution in [2.75, 3.05) is 20.6 Å². The number of hydrogen-bond donors (Lipinski definition) is 0. The van der Waals surface area contributed by atoms with Gasteiger partial charge in [-0.05, 0) is 12.8 Å². The van der Waals surface area contributed by atoms with Crippen LogP contribution in [-0.2, 0) is 9.53 Å². The minimum atomic E-state index is -0.383. The van der Waals surface area contributed by atoms with Crippen LogP contribution >= 0.6 is 0 Å². The molecule has 0 aromatic rings. The van der Waals surface area contributed by atoms with Crippen LogP contribution in [0.3, 0.4) is 0 Å². The second-order valence-electron chi connectivity index (χ2n) is 4.98. The number of amides is 2. The highest BCUT2D eigenvalue weighted by Gasteiger charge is 2.33. The van der Waals surface area contributed by atoms with Crippen LogP contribution in [0.15, 0.2) is 0 Å². The number of hydrogen-bond acceptors (Lipinski definition) is 3. The number of carbonyl (C=O) groups excluding carboxylic acids is 2. The topological polar surface area (TPSA) is 49.9 Å². The SMILES string of the molecule is CN1CCC(OC(=O)C2CCCC2)N(C)C1=O. The molecular formula is C12H20N2O3. The lowest BCUT2D eigenvalue weighted by Gasteiger charge is -2.37. The molecule has 96 valence electrons. The molecule has 0 aromatic carbocycles. The lowest BCUT2D eigenvalue weighted by Crippen LogP contribution is -2.52. The number of ether oxygens (including phenoxy) is 1. The third-order valence-corrected chi connectivity index (χ3v) is 3.71. The molecule has 1 unspecified atom stereocenters. The standard InChI is InChI=1S/C12H20N2O3/c1-13-8-7-10(14(2)12(13)16)17-11(15)9-5-3-4-6-9/h9-10H,3-8H2,1-2H3. The summed E-state index contributed by atoms with van der Waals surface area (Å²) < 4.78 is 5.45. The maximum Gasteiger partial charge on any atom is 0.322 e. The smallest absolute Gasteiger partial charge is 0.322 e. The van der Waals surface area contributed by atoms with Crippen molar-refractivity contribution in [1.82, 2.24) is 9.80 Å². The average Bonchev–Trinajstić information content (AvgIpc) is 2.83. The predicted octanol–water partition coefficient (Wildman–Crippen LogP) is 1.43. The van der Waals surface area contributed by atoms with Crippen molar-refractivity contribution in [3.8, 4) is 0 Å². The Morgan fingerprint density at radius 1 is 1.24 bits per heavy atom. The van der Waals surface area contributed by atoms with E-state index in [1.807, 2.05) is 0 Å². The molecule has 0 N–H and O–H groups in total. The van der Waals surface area contributed by atoms with E-state index in [1.165, 1.54) is 4.90 Å². The van der Waals surface area contributed by atoms with Gasteiger partial charge >= 0.3 is 12.0 Å². The van der Waals surface area contributed by atoms with E-state index in [-0.39, 0.29) is 24.1 Å². The summed E-state index contributed by atoms with van der Waals surface area (Å²) in [5.74, 6) is -0.0742. The second-order valence-corrected chi connectivity index (χ2v) is 4.98. The largest absolute Gasteiger partial charge is 0.441 e.